The number of hydrogen-bond acceptors (Lipinski definition) is 3. The molecule has 0 radical (unpaired) electrons. The van der Waals surface area contributed by atoms with E-state index in [0.29, 0.717) is 12.5 Å². The number of para-hydroxylation sites is 1. The van der Waals surface area contributed by atoms with Crippen molar-refractivity contribution in [3.63, 3.8) is 0 Å². The Kier molecular flexibility index (Phi) is 7.73. The summed E-state index contributed by atoms with van der Waals surface area (Å²) in [6.07, 6.45) is 2.59. The van der Waals surface area contributed by atoms with Gasteiger partial charge in [-0.2, -0.15) is 0 Å². The van der Waals surface area contributed by atoms with Crippen molar-refractivity contribution in [1.82, 2.24) is 5.32 Å². The van der Waals surface area contributed by atoms with Crippen molar-refractivity contribution in [2.24, 2.45) is 0 Å². The van der Waals surface area contributed by atoms with Gasteiger partial charge in [0.1, 0.15) is 5.75 Å². The fourth-order valence-electron chi connectivity index (χ4n) is 1.92. The van der Waals surface area contributed by atoms with Crippen LogP contribution in [0.25, 0.3) is 0 Å². The zero-order chi connectivity index (χ0) is 14.8. The topological polar surface area (TPSA) is 58.6 Å². The number of amides is 1. The maximum atomic E-state index is 11.6. The van der Waals surface area contributed by atoms with E-state index < -0.39 is 0 Å². The van der Waals surface area contributed by atoms with Crippen LogP contribution in [0.4, 0.5) is 0 Å². The fraction of sp³-hybridized carbons (Fsp3) is 0.562. The number of carbonyl (C=O) groups is 1. The minimum Gasteiger partial charge on any atom is -0.483 e. The second-order valence-corrected chi connectivity index (χ2v) is 5.12. The highest BCUT2D eigenvalue weighted by Crippen LogP contribution is 2.25. The van der Waals surface area contributed by atoms with Gasteiger partial charge in [0.2, 0.25) is 0 Å². The molecule has 0 bridgehead atoms. The van der Waals surface area contributed by atoms with Crippen molar-refractivity contribution in [2.75, 3.05) is 19.8 Å². The quantitative estimate of drug-likeness (QED) is 0.683. The van der Waals surface area contributed by atoms with Crippen molar-refractivity contribution in [3.05, 3.63) is 29.8 Å². The first-order chi connectivity index (χ1) is 9.65. The zero-order valence-electron chi connectivity index (χ0n) is 12.4. The van der Waals surface area contributed by atoms with Crippen LogP contribution in [0.15, 0.2) is 24.3 Å². The molecule has 0 aliphatic heterocycles. The highest BCUT2D eigenvalue weighted by atomic mass is 16.5. The van der Waals surface area contributed by atoms with E-state index in [0.717, 1.165) is 30.6 Å². The maximum Gasteiger partial charge on any atom is 0.257 e. The van der Waals surface area contributed by atoms with Crippen molar-refractivity contribution in [3.8, 4) is 5.75 Å². The minimum absolute atomic E-state index is 0.0454. The lowest BCUT2D eigenvalue weighted by Gasteiger charge is -2.13. The molecule has 1 amide bonds. The lowest BCUT2D eigenvalue weighted by Crippen LogP contribution is -2.29. The van der Waals surface area contributed by atoms with E-state index in [1.807, 2.05) is 24.3 Å². The highest BCUT2D eigenvalue weighted by molar-refractivity contribution is 5.77. The lowest BCUT2D eigenvalue weighted by molar-refractivity contribution is -0.123. The summed E-state index contributed by atoms with van der Waals surface area (Å²) >= 11 is 0. The number of aliphatic hydroxyl groups excluding tert-OH is 1. The normalized spacial score (nSPS) is 10.6. The van der Waals surface area contributed by atoms with Gasteiger partial charge in [0.05, 0.1) is 0 Å². The molecule has 0 unspecified atom stereocenters. The number of hydrogen-bond donors (Lipinski definition) is 2. The second kappa shape index (κ2) is 9.37. The first-order valence-electron chi connectivity index (χ1n) is 7.24. The van der Waals surface area contributed by atoms with E-state index >= 15 is 0 Å². The van der Waals surface area contributed by atoms with Gasteiger partial charge in [-0.05, 0) is 36.8 Å². The van der Waals surface area contributed by atoms with Gasteiger partial charge in [-0.3, -0.25) is 4.79 Å². The Labute approximate surface area is 121 Å². The summed E-state index contributed by atoms with van der Waals surface area (Å²) in [6.45, 7) is 5.09. The molecule has 112 valence electrons. The molecule has 0 saturated carbocycles. The van der Waals surface area contributed by atoms with E-state index in [9.17, 15) is 4.79 Å². The Hall–Kier alpha value is -1.55. The Morgan fingerprint density at radius 3 is 2.70 bits per heavy atom. The first kappa shape index (κ1) is 16.5. The Bertz CT molecular complexity index is 404. The molecule has 4 nitrogen and oxygen atoms in total. The predicted octanol–water partition coefficient (Wildman–Crippen LogP) is 2.47. The summed E-state index contributed by atoms with van der Waals surface area (Å²) < 4.78 is 5.59. The Morgan fingerprint density at radius 2 is 2.00 bits per heavy atom. The standard InChI is InChI=1S/C16H25NO3/c1-13(2)14-8-4-5-9-15(14)20-12-16(19)17-10-6-3-7-11-18/h4-5,8-9,13,18H,3,6-7,10-12H2,1-2H3,(H,17,19). The van der Waals surface area contributed by atoms with Gasteiger partial charge in [0, 0.05) is 13.2 Å². The van der Waals surface area contributed by atoms with Gasteiger partial charge in [-0.1, -0.05) is 32.0 Å². The average molecular weight is 279 g/mol. The highest BCUT2D eigenvalue weighted by Gasteiger charge is 2.08. The van der Waals surface area contributed by atoms with E-state index in [2.05, 4.69) is 19.2 Å². The SMILES string of the molecule is CC(C)c1ccccc1OCC(=O)NCCCCCO. The van der Waals surface area contributed by atoms with Crippen LogP contribution in [-0.2, 0) is 4.79 Å². The molecule has 0 heterocycles. The van der Waals surface area contributed by atoms with Crippen LogP contribution in [-0.4, -0.2) is 30.8 Å². The average Bonchev–Trinajstić information content (AvgIpc) is 2.45. The third-order valence-corrected chi connectivity index (χ3v) is 3.06. The molecular weight excluding hydrogens is 254 g/mol. The van der Waals surface area contributed by atoms with Gasteiger partial charge in [-0.15, -0.1) is 0 Å². The van der Waals surface area contributed by atoms with Gasteiger partial charge >= 0.3 is 0 Å². The number of carbonyl (C=O) groups excluding carboxylic acids is 1. The Morgan fingerprint density at radius 1 is 1.25 bits per heavy atom. The molecule has 0 aliphatic rings. The molecule has 0 atom stereocenters. The molecule has 0 aromatic heterocycles. The van der Waals surface area contributed by atoms with Crippen molar-refractivity contribution in [2.45, 2.75) is 39.0 Å². The third kappa shape index (κ3) is 6.06. The van der Waals surface area contributed by atoms with E-state index in [1.165, 1.54) is 0 Å². The molecule has 0 fully saturated rings. The zero-order valence-corrected chi connectivity index (χ0v) is 12.4. The summed E-state index contributed by atoms with van der Waals surface area (Å²) in [5.74, 6) is 1.04. The van der Waals surface area contributed by atoms with Crippen LogP contribution < -0.4 is 10.1 Å². The number of rotatable bonds is 9. The van der Waals surface area contributed by atoms with E-state index in [4.69, 9.17) is 9.84 Å². The lowest BCUT2D eigenvalue weighted by atomic mass is 10.0. The van der Waals surface area contributed by atoms with E-state index in [-0.39, 0.29) is 19.1 Å². The molecule has 1 rings (SSSR count). The molecule has 1 aromatic rings. The maximum absolute atomic E-state index is 11.6. The van der Waals surface area contributed by atoms with Crippen LogP contribution in [0.2, 0.25) is 0 Å². The van der Waals surface area contributed by atoms with Gasteiger partial charge in [0.25, 0.3) is 5.91 Å². The monoisotopic (exact) mass is 279 g/mol. The number of unbranched alkanes of at least 4 members (excludes halogenated alkanes) is 2. The predicted molar refractivity (Wildman–Crippen MR) is 80.0 cm³/mol. The molecule has 0 saturated heterocycles. The van der Waals surface area contributed by atoms with Crippen LogP contribution in [0.3, 0.4) is 0 Å². The number of aliphatic hydroxyl groups is 1. The number of benzene rings is 1. The third-order valence-electron chi connectivity index (χ3n) is 3.06. The first-order valence-corrected chi connectivity index (χ1v) is 7.24. The van der Waals surface area contributed by atoms with Gasteiger partial charge in [-0.25, -0.2) is 0 Å². The van der Waals surface area contributed by atoms with E-state index in [1.54, 1.807) is 0 Å². The summed E-state index contributed by atoms with van der Waals surface area (Å²) in [4.78, 5) is 11.6. The molecule has 4 heteroatoms. The fourth-order valence-corrected chi connectivity index (χ4v) is 1.92. The molecule has 20 heavy (non-hydrogen) atoms. The molecule has 2 N–H and O–H groups in total. The van der Waals surface area contributed by atoms with Crippen LogP contribution >= 0.6 is 0 Å². The number of ether oxygens (including phenoxy) is 1. The summed E-state index contributed by atoms with van der Waals surface area (Å²) in [5, 5.41) is 11.5. The summed E-state index contributed by atoms with van der Waals surface area (Å²) in [6, 6.07) is 7.80. The minimum atomic E-state index is -0.104. The molecule has 1 aromatic carbocycles. The van der Waals surface area contributed by atoms with Crippen molar-refractivity contribution in [1.29, 1.82) is 0 Å². The van der Waals surface area contributed by atoms with Crippen LogP contribution in [0, 0.1) is 0 Å². The summed E-state index contributed by atoms with van der Waals surface area (Å²) in [5.41, 5.74) is 1.11. The smallest absolute Gasteiger partial charge is 0.257 e. The van der Waals surface area contributed by atoms with Gasteiger partial charge < -0.3 is 15.2 Å². The Balaban J connectivity index is 2.30. The second-order valence-electron chi connectivity index (χ2n) is 5.12. The van der Waals surface area contributed by atoms with Crippen LogP contribution in [0.5, 0.6) is 5.75 Å². The molecule has 0 spiro atoms. The largest absolute Gasteiger partial charge is 0.483 e. The molecular formula is C16H25NO3. The van der Waals surface area contributed by atoms with Gasteiger partial charge in [0.15, 0.2) is 6.61 Å². The van der Waals surface area contributed by atoms with Crippen molar-refractivity contribution >= 4 is 5.91 Å². The van der Waals surface area contributed by atoms with Crippen molar-refractivity contribution < 1.29 is 14.6 Å². The summed E-state index contributed by atoms with van der Waals surface area (Å²) in [7, 11) is 0. The number of nitrogens with one attached hydrogen (secondary N) is 1. The molecule has 0 aliphatic carbocycles. The van der Waals surface area contributed by atoms with Crippen LogP contribution in [0.1, 0.15) is 44.6 Å².